The molecule has 0 saturated carbocycles. The van der Waals surface area contributed by atoms with Crippen LogP contribution in [0.2, 0.25) is 0 Å². The first kappa shape index (κ1) is 17.5. The van der Waals surface area contributed by atoms with Gasteiger partial charge in [0.25, 0.3) is 5.91 Å². The van der Waals surface area contributed by atoms with E-state index in [1.807, 2.05) is 13.8 Å². The molecule has 120 valence electrons. The summed E-state index contributed by atoms with van der Waals surface area (Å²) in [5, 5.41) is 11.5. The molecule has 2 amide bonds. The van der Waals surface area contributed by atoms with Gasteiger partial charge in [0.1, 0.15) is 12.6 Å². The van der Waals surface area contributed by atoms with Gasteiger partial charge < -0.3 is 14.8 Å². The van der Waals surface area contributed by atoms with Crippen molar-refractivity contribution in [2.24, 2.45) is 5.92 Å². The molecule has 0 aliphatic rings. The number of anilines is 1. The molecule has 0 aromatic carbocycles. The standard InChI is InChI=1S/C15H20N2O5/c1-4-13(19)17(14-6-5-7-22-14)9-12(18)16-11(15(20)21)8-10(2)3/h4-7,10-11H,1,8-9H2,2-3H3,(H,16,18)(H,20,21)/t11-/m0/s1. The third-order valence-corrected chi connectivity index (χ3v) is 2.85. The van der Waals surface area contributed by atoms with Crippen LogP contribution in [0, 0.1) is 5.92 Å². The van der Waals surface area contributed by atoms with Gasteiger partial charge in [-0.05, 0) is 24.5 Å². The molecule has 2 N–H and O–H groups in total. The van der Waals surface area contributed by atoms with Crippen molar-refractivity contribution in [2.45, 2.75) is 26.3 Å². The van der Waals surface area contributed by atoms with E-state index in [9.17, 15) is 14.4 Å². The summed E-state index contributed by atoms with van der Waals surface area (Å²) in [6.45, 7) is 6.74. The Morgan fingerprint density at radius 2 is 2.14 bits per heavy atom. The van der Waals surface area contributed by atoms with Gasteiger partial charge >= 0.3 is 5.97 Å². The van der Waals surface area contributed by atoms with Gasteiger partial charge in [0, 0.05) is 6.07 Å². The minimum Gasteiger partial charge on any atom is -0.480 e. The van der Waals surface area contributed by atoms with Crippen molar-refractivity contribution in [2.75, 3.05) is 11.4 Å². The van der Waals surface area contributed by atoms with Gasteiger partial charge in [0.15, 0.2) is 0 Å². The number of aliphatic carboxylic acids is 1. The average Bonchev–Trinajstić information content (AvgIpc) is 2.96. The zero-order chi connectivity index (χ0) is 16.7. The Bertz CT molecular complexity index is 536. The highest BCUT2D eigenvalue weighted by atomic mass is 16.4. The number of rotatable bonds is 8. The van der Waals surface area contributed by atoms with Gasteiger partial charge in [-0.1, -0.05) is 20.4 Å². The van der Waals surface area contributed by atoms with Gasteiger partial charge in [-0.15, -0.1) is 0 Å². The Labute approximate surface area is 128 Å². The Morgan fingerprint density at radius 1 is 1.45 bits per heavy atom. The van der Waals surface area contributed by atoms with Crippen LogP contribution in [0.5, 0.6) is 0 Å². The van der Waals surface area contributed by atoms with Gasteiger partial charge in [0.05, 0.1) is 6.26 Å². The quantitative estimate of drug-likeness (QED) is 0.707. The van der Waals surface area contributed by atoms with Crippen LogP contribution in [0.1, 0.15) is 20.3 Å². The lowest BCUT2D eigenvalue weighted by molar-refractivity contribution is -0.142. The highest BCUT2D eigenvalue weighted by Crippen LogP contribution is 2.15. The first-order valence-electron chi connectivity index (χ1n) is 6.84. The summed E-state index contributed by atoms with van der Waals surface area (Å²) in [6.07, 6.45) is 2.73. The second kappa shape index (κ2) is 8.02. The molecule has 0 spiro atoms. The third-order valence-electron chi connectivity index (χ3n) is 2.85. The number of hydrogen-bond acceptors (Lipinski definition) is 4. The number of carboxylic acid groups (broad SMARTS) is 1. The molecule has 1 aromatic heterocycles. The van der Waals surface area contributed by atoms with E-state index in [2.05, 4.69) is 11.9 Å². The molecule has 0 saturated heterocycles. The number of hydrogen-bond donors (Lipinski definition) is 2. The van der Waals surface area contributed by atoms with Crippen LogP contribution in [-0.4, -0.2) is 35.5 Å². The van der Waals surface area contributed by atoms with Crippen molar-refractivity contribution in [1.82, 2.24) is 5.32 Å². The van der Waals surface area contributed by atoms with E-state index in [1.165, 1.54) is 12.3 Å². The van der Waals surface area contributed by atoms with E-state index in [0.29, 0.717) is 6.42 Å². The molecule has 1 rings (SSSR count). The summed E-state index contributed by atoms with van der Waals surface area (Å²) < 4.78 is 5.10. The second-order valence-corrected chi connectivity index (χ2v) is 5.17. The summed E-state index contributed by atoms with van der Waals surface area (Å²) in [4.78, 5) is 36.0. The summed E-state index contributed by atoms with van der Waals surface area (Å²) in [7, 11) is 0. The zero-order valence-electron chi connectivity index (χ0n) is 12.6. The number of furan rings is 1. The van der Waals surface area contributed by atoms with Crippen LogP contribution in [0.3, 0.4) is 0 Å². The Hall–Kier alpha value is -2.57. The summed E-state index contributed by atoms with van der Waals surface area (Å²) in [5.41, 5.74) is 0. The summed E-state index contributed by atoms with van der Waals surface area (Å²) >= 11 is 0. The Kier molecular flexibility index (Phi) is 6.37. The van der Waals surface area contributed by atoms with Crippen molar-refractivity contribution < 1.29 is 23.9 Å². The molecule has 7 nitrogen and oxygen atoms in total. The van der Waals surface area contributed by atoms with Crippen molar-refractivity contribution in [3.8, 4) is 0 Å². The normalized spacial score (nSPS) is 11.8. The van der Waals surface area contributed by atoms with Crippen LogP contribution < -0.4 is 10.2 Å². The lowest BCUT2D eigenvalue weighted by Gasteiger charge is -2.20. The molecular weight excluding hydrogens is 288 g/mol. The molecule has 22 heavy (non-hydrogen) atoms. The number of amides is 2. The van der Waals surface area contributed by atoms with E-state index in [1.54, 1.807) is 6.07 Å². The number of nitrogens with zero attached hydrogens (tertiary/aromatic N) is 1. The zero-order valence-corrected chi connectivity index (χ0v) is 12.6. The highest BCUT2D eigenvalue weighted by molar-refractivity contribution is 6.04. The smallest absolute Gasteiger partial charge is 0.326 e. The van der Waals surface area contributed by atoms with Crippen LogP contribution in [0.15, 0.2) is 35.5 Å². The molecule has 0 bridgehead atoms. The van der Waals surface area contributed by atoms with E-state index in [-0.39, 0.29) is 18.3 Å². The van der Waals surface area contributed by atoms with Gasteiger partial charge in [-0.2, -0.15) is 0 Å². The fourth-order valence-electron chi connectivity index (χ4n) is 1.87. The molecule has 1 aromatic rings. The maximum Gasteiger partial charge on any atom is 0.326 e. The predicted octanol–water partition coefficient (Wildman–Crippen LogP) is 1.41. The second-order valence-electron chi connectivity index (χ2n) is 5.17. The monoisotopic (exact) mass is 308 g/mol. The molecule has 0 aliphatic carbocycles. The van der Waals surface area contributed by atoms with Gasteiger partial charge in [-0.3, -0.25) is 14.5 Å². The van der Waals surface area contributed by atoms with Crippen LogP contribution in [0.4, 0.5) is 5.88 Å². The average molecular weight is 308 g/mol. The maximum absolute atomic E-state index is 12.0. The van der Waals surface area contributed by atoms with Gasteiger partial charge in [0.2, 0.25) is 11.8 Å². The molecule has 0 radical (unpaired) electrons. The molecule has 7 heteroatoms. The maximum atomic E-state index is 12.0. The van der Waals surface area contributed by atoms with Crippen molar-refractivity contribution in [3.63, 3.8) is 0 Å². The molecule has 0 unspecified atom stereocenters. The van der Waals surface area contributed by atoms with Crippen LogP contribution >= 0.6 is 0 Å². The summed E-state index contributed by atoms with van der Waals surface area (Å²) in [6, 6.07) is 2.11. The Balaban J connectivity index is 2.76. The lowest BCUT2D eigenvalue weighted by atomic mass is 10.0. The fraction of sp³-hybridized carbons (Fsp3) is 0.400. The fourth-order valence-corrected chi connectivity index (χ4v) is 1.87. The van der Waals surface area contributed by atoms with E-state index < -0.39 is 23.8 Å². The summed E-state index contributed by atoms with van der Waals surface area (Å²) in [5.74, 6) is -1.91. The van der Waals surface area contributed by atoms with Crippen LogP contribution in [-0.2, 0) is 14.4 Å². The van der Waals surface area contributed by atoms with Crippen molar-refractivity contribution in [1.29, 1.82) is 0 Å². The number of carbonyl (C=O) groups is 3. The topological polar surface area (TPSA) is 99.9 Å². The molecule has 0 aliphatic heterocycles. The Morgan fingerprint density at radius 3 is 2.59 bits per heavy atom. The molecule has 0 fully saturated rings. The van der Waals surface area contributed by atoms with E-state index >= 15 is 0 Å². The van der Waals surface area contributed by atoms with Gasteiger partial charge in [-0.25, -0.2) is 4.79 Å². The molecule has 1 atom stereocenters. The molecule has 1 heterocycles. The third kappa shape index (κ3) is 5.08. The van der Waals surface area contributed by atoms with Crippen LogP contribution in [0.25, 0.3) is 0 Å². The largest absolute Gasteiger partial charge is 0.480 e. The highest BCUT2D eigenvalue weighted by Gasteiger charge is 2.24. The minimum absolute atomic E-state index is 0.109. The lowest BCUT2D eigenvalue weighted by Crippen LogP contribution is -2.47. The van der Waals surface area contributed by atoms with E-state index in [4.69, 9.17) is 9.52 Å². The number of nitrogens with one attached hydrogen (secondary N) is 1. The van der Waals surface area contributed by atoms with E-state index in [0.717, 1.165) is 11.0 Å². The SMILES string of the molecule is C=CC(=O)N(CC(=O)N[C@@H](CC(C)C)C(=O)O)c1ccco1. The first-order valence-corrected chi connectivity index (χ1v) is 6.84. The molecular formula is C15H20N2O5. The minimum atomic E-state index is -1.11. The number of carbonyl (C=O) groups excluding carboxylic acids is 2. The van der Waals surface area contributed by atoms with Crippen molar-refractivity contribution >= 4 is 23.7 Å². The predicted molar refractivity (Wildman–Crippen MR) is 80.3 cm³/mol. The number of carboxylic acids is 1. The van der Waals surface area contributed by atoms with Crippen molar-refractivity contribution in [3.05, 3.63) is 31.1 Å². The first-order chi connectivity index (χ1) is 10.3.